The van der Waals surface area contributed by atoms with Crippen molar-refractivity contribution in [1.29, 1.82) is 0 Å². The fourth-order valence-electron chi connectivity index (χ4n) is 10.5. The average molecular weight is 781 g/mol. The summed E-state index contributed by atoms with van der Waals surface area (Å²) in [5, 5.41) is 2.80. The number of rotatable bonds is 5. The Hall–Kier alpha value is -7.94. The first-order valence-corrected chi connectivity index (χ1v) is 20.7. The Labute approximate surface area is 363 Å². The molecule has 1 heterocycles. The predicted molar refractivity (Wildman–Crippen MR) is 255 cm³/mol. The standard InChI is InChI=1S/C59H38N2/c1-3-16-39(17-4-1)40-32-34-43(35-33-40)60(44-36-37-55-49(38-44)46-23-9-12-30-54(46)61(55)42-20-5-2-6-21-42)56-31-15-29-53-58(56)48-24-8-11-27-51(48)59(53)50-26-10-7-22-45(50)47-25-13-18-41-19-14-28-52(59)57(41)47/h1-38H/i13D,14D,18D,19D,25D,28D. The molecule has 0 saturated heterocycles. The third-order valence-corrected chi connectivity index (χ3v) is 12.9. The van der Waals surface area contributed by atoms with E-state index in [1.54, 1.807) is 0 Å². The van der Waals surface area contributed by atoms with Gasteiger partial charge >= 0.3 is 0 Å². The van der Waals surface area contributed by atoms with Crippen LogP contribution in [0.1, 0.15) is 30.5 Å². The Balaban J connectivity index is 1.14. The van der Waals surface area contributed by atoms with Gasteiger partial charge in [-0.05, 0) is 115 Å². The predicted octanol–water partition coefficient (Wildman–Crippen LogP) is 15.4. The van der Waals surface area contributed by atoms with Crippen LogP contribution in [0.5, 0.6) is 0 Å². The van der Waals surface area contributed by atoms with Gasteiger partial charge in [0.15, 0.2) is 0 Å². The van der Waals surface area contributed by atoms with Crippen LogP contribution >= 0.6 is 0 Å². The molecule has 1 aromatic heterocycles. The quantitative estimate of drug-likeness (QED) is 0.169. The molecule has 1 unspecified atom stereocenters. The summed E-state index contributed by atoms with van der Waals surface area (Å²) in [5.41, 5.74) is 13.3. The van der Waals surface area contributed by atoms with Crippen LogP contribution in [0, 0.1) is 0 Å². The van der Waals surface area contributed by atoms with Crippen molar-refractivity contribution < 1.29 is 8.22 Å². The van der Waals surface area contributed by atoms with Crippen LogP contribution in [-0.4, -0.2) is 4.57 Å². The minimum absolute atomic E-state index is 0.119. The van der Waals surface area contributed by atoms with Gasteiger partial charge in [0.25, 0.3) is 0 Å². The van der Waals surface area contributed by atoms with Crippen molar-refractivity contribution in [2.24, 2.45) is 0 Å². The van der Waals surface area contributed by atoms with Gasteiger partial charge in [-0.15, -0.1) is 0 Å². The van der Waals surface area contributed by atoms with E-state index in [2.05, 4.69) is 161 Å². The maximum atomic E-state index is 9.87. The summed E-state index contributed by atoms with van der Waals surface area (Å²) in [6, 6.07) is 66.0. The molecule has 0 saturated carbocycles. The van der Waals surface area contributed by atoms with E-state index in [1.807, 2.05) is 42.5 Å². The second-order valence-electron chi connectivity index (χ2n) is 15.9. The first-order chi connectivity index (χ1) is 32.8. The van der Waals surface area contributed by atoms with E-state index in [0.29, 0.717) is 16.5 Å². The monoisotopic (exact) mass is 780 g/mol. The molecule has 1 spiro atoms. The Morgan fingerprint density at radius 3 is 1.87 bits per heavy atom. The number of hydrogen-bond donors (Lipinski definition) is 0. The normalized spacial score (nSPS) is 16.0. The Morgan fingerprint density at radius 1 is 0.426 bits per heavy atom. The Kier molecular flexibility index (Phi) is 6.08. The van der Waals surface area contributed by atoms with Crippen LogP contribution in [0.25, 0.3) is 71.6 Å². The van der Waals surface area contributed by atoms with Crippen molar-refractivity contribution in [3.05, 3.63) is 253 Å². The van der Waals surface area contributed by atoms with Crippen LogP contribution < -0.4 is 4.90 Å². The van der Waals surface area contributed by atoms with Crippen LogP contribution in [0.2, 0.25) is 0 Å². The lowest BCUT2D eigenvalue weighted by Crippen LogP contribution is -2.31. The highest BCUT2D eigenvalue weighted by Gasteiger charge is 2.51. The van der Waals surface area contributed by atoms with Crippen molar-refractivity contribution >= 4 is 49.6 Å². The molecule has 1 atom stereocenters. The van der Waals surface area contributed by atoms with E-state index < -0.39 is 5.41 Å². The van der Waals surface area contributed by atoms with Gasteiger partial charge in [0, 0.05) is 33.4 Å². The van der Waals surface area contributed by atoms with Crippen molar-refractivity contribution in [2.75, 3.05) is 4.90 Å². The lowest BCUT2D eigenvalue weighted by Gasteiger charge is -2.40. The van der Waals surface area contributed by atoms with Gasteiger partial charge in [-0.3, -0.25) is 0 Å². The van der Waals surface area contributed by atoms with Gasteiger partial charge in [0.2, 0.25) is 0 Å². The molecular weight excluding hydrogens is 737 g/mol. The minimum atomic E-state index is -1.18. The van der Waals surface area contributed by atoms with Crippen LogP contribution in [0.15, 0.2) is 230 Å². The van der Waals surface area contributed by atoms with Gasteiger partial charge in [-0.25, -0.2) is 0 Å². The molecule has 2 aliphatic carbocycles. The number of benzene rings is 10. The summed E-state index contributed by atoms with van der Waals surface area (Å²) in [5.74, 6) is 0. The molecule has 0 fully saturated rings. The zero-order valence-corrected chi connectivity index (χ0v) is 32.9. The zero-order chi connectivity index (χ0) is 45.3. The van der Waals surface area contributed by atoms with E-state index in [9.17, 15) is 6.85 Å². The highest BCUT2D eigenvalue weighted by molar-refractivity contribution is 6.12. The number of fused-ring (bicyclic) bond motifs is 12. The van der Waals surface area contributed by atoms with Gasteiger partial charge in [0.1, 0.15) is 0 Å². The molecule has 61 heavy (non-hydrogen) atoms. The highest BCUT2D eigenvalue weighted by Crippen LogP contribution is 2.64. The van der Waals surface area contributed by atoms with Crippen molar-refractivity contribution in [3.63, 3.8) is 0 Å². The number of anilines is 3. The van der Waals surface area contributed by atoms with Crippen LogP contribution in [0.3, 0.4) is 0 Å². The zero-order valence-electron chi connectivity index (χ0n) is 38.9. The van der Waals surface area contributed by atoms with Crippen molar-refractivity contribution in [3.8, 4) is 39.1 Å². The maximum absolute atomic E-state index is 9.87. The summed E-state index contributed by atoms with van der Waals surface area (Å²) in [6.45, 7) is 0. The molecule has 2 aliphatic rings. The average Bonchev–Trinajstić information content (AvgIpc) is 3.86. The van der Waals surface area contributed by atoms with E-state index in [-0.39, 0.29) is 41.6 Å². The second-order valence-corrected chi connectivity index (χ2v) is 15.9. The molecule has 0 amide bonds. The molecule has 0 aliphatic heterocycles. The Bertz CT molecular complexity index is 3870. The van der Waals surface area contributed by atoms with Crippen LogP contribution in [-0.2, 0) is 5.41 Å². The van der Waals surface area contributed by atoms with Gasteiger partial charge in [-0.2, -0.15) is 0 Å². The lowest BCUT2D eigenvalue weighted by atomic mass is 9.61. The highest BCUT2D eigenvalue weighted by atomic mass is 15.1. The van der Waals surface area contributed by atoms with Crippen molar-refractivity contribution in [1.82, 2.24) is 4.57 Å². The molecular formula is C59H38N2. The minimum Gasteiger partial charge on any atom is -0.310 e. The lowest BCUT2D eigenvalue weighted by molar-refractivity contribution is 0.773. The summed E-state index contributed by atoms with van der Waals surface area (Å²) >= 11 is 0. The first kappa shape index (κ1) is 28.5. The molecule has 0 radical (unpaired) electrons. The SMILES string of the molecule is [2H]c1c([2H])c2c3c(c([2H])c([2H])c([2H])c3c1[2H])C1(c3ccccc3-c3c(N(c4ccc(-c5ccccc5)cc4)c4ccc5c(c4)c4ccccc4n5-c4ccccc4)cccc31)c1ccccc1-2. The van der Waals surface area contributed by atoms with Gasteiger partial charge < -0.3 is 9.47 Å². The van der Waals surface area contributed by atoms with E-state index in [4.69, 9.17) is 1.37 Å². The Morgan fingerprint density at radius 2 is 1.05 bits per heavy atom. The second kappa shape index (κ2) is 13.0. The van der Waals surface area contributed by atoms with Crippen LogP contribution in [0.4, 0.5) is 17.1 Å². The summed E-state index contributed by atoms with van der Waals surface area (Å²) < 4.78 is 58.2. The number of aromatic nitrogens is 1. The molecule has 10 aromatic carbocycles. The van der Waals surface area contributed by atoms with E-state index >= 15 is 0 Å². The topological polar surface area (TPSA) is 8.17 Å². The van der Waals surface area contributed by atoms with Crippen molar-refractivity contribution in [2.45, 2.75) is 5.41 Å². The fourth-order valence-corrected chi connectivity index (χ4v) is 10.5. The molecule has 11 aromatic rings. The third-order valence-electron chi connectivity index (χ3n) is 12.9. The number of hydrogen-bond acceptors (Lipinski definition) is 1. The smallest absolute Gasteiger partial charge is 0.0726 e. The van der Waals surface area contributed by atoms with E-state index in [1.165, 1.54) is 0 Å². The molecule has 2 heteroatoms. The largest absolute Gasteiger partial charge is 0.310 e. The number of para-hydroxylation sites is 2. The summed E-state index contributed by atoms with van der Waals surface area (Å²) in [6.07, 6.45) is 0. The van der Waals surface area contributed by atoms with Gasteiger partial charge in [-0.1, -0.05) is 176 Å². The van der Waals surface area contributed by atoms with Gasteiger partial charge in [0.05, 0.1) is 30.4 Å². The number of nitrogens with zero attached hydrogens (tertiary/aromatic N) is 2. The summed E-state index contributed by atoms with van der Waals surface area (Å²) in [4.78, 5) is 2.33. The fraction of sp³-hybridized carbons (Fsp3) is 0.0169. The molecule has 0 bridgehead atoms. The summed E-state index contributed by atoms with van der Waals surface area (Å²) in [7, 11) is 0. The molecule has 284 valence electrons. The molecule has 0 N–H and O–H groups in total. The molecule has 13 rings (SSSR count). The molecule has 2 nitrogen and oxygen atoms in total. The maximum Gasteiger partial charge on any atom is 0.0726 e. The first-order valence-electron chi connectivity index (χ1n) is 23.7. The third kappa shape index (κ3) is 4.73. The van der Waals surface area contributed by atoms with E-state index in [0.717, 1.165) is 89.1 Å².